The summed E-state index contributed by atoms with van der Waals surface area (Å²) in [5.74, 6) is 2.62. The van der Waals surface area contributed by atoms with Crippen molar-refractivity contribution < 1.29 is 4.74 Å². The molecule has 0 amide bonds. The van der Waals surface area contributed by atoms with Crippen LogP contribution < -0.4 is 26.0 Å². The number of hydrogen-bond donors (Lipinski definition) is 0. The highest BCUT2D eigenvalue weighted by Gasteiger charge is 2.43. The second-order valence-corrected chi connectivity index (χ2v) is 20.3. The fourth-order valence-corrected chi connectivity index (χ4v) is 14.8. The van der Waals surface area contributed by atoms with E-state index in [1.807, 2.05) is 11.8 Å². The van der Waals surface area contributed by atoms with Gasteiger partial charge in [0, 0.05) is 79.1 Å². The first-order valence-corrected chi connectivity index (χ1v) is 24.6. The van der Waals surface area contributed by atoms with E-state index in [0.717, 1.165) is 24.3 Å². The van der Waals surface area contributed by atoms with E-state index in [4.69, 9.17) is 4.74 Å². The highest BCUT2D eigenvalue weighted by atomic mass is 32.2. The van der Waals surface area contributed by atoms with Gasteiger partial charge in [0.15, 0.2) is 0 Å². The highest BCUT2D eigenvalue weighted by Crippen LogP contribution is 2.52. The van der Waals surface area contributed by atoms with Crippen LogP contribution in [-0.2, 0) is 38.5 Å². The van der Waals surface area contributed by atoms with E-state index < -0.39 is 0 Å². The molecule has 2 atom stereocenters. The molecule has 4 aliphatic carbocycles. The predicted molar refractivity (Wildman–Crippen MR) is 252 cm³/mol. The summed E-state index contributed by atoms with van der Waals surface area (Å²) in [7, 11) is 0. The Morgan fingerprint density at radius 1 is 0.525 bits per heavy atom. The SMILES string of the molecule is c1ccc2c(c1)C1CCCCCC1N2c1cc2c3c(c1)Sc1cc(-n4c5c(c6c4CCCC6)CCCC5)ccc1B3c1ccc(-n3c4c(c5ccccc53)CCCC4)cc1O2. The summed E-state index contributed by atoms with van der Waals surface area (Å²) in [5, 5.41) is 1.41. The molecule has 0 spiro atoms. The van der Waals surface area contributed by atoms with Crippen molar-refractivity contribution in [3.8, 4) is 22.9 Å². The lowest BCUT2D eigenvalue weighted by Gasteiger charge is -2.36. The Labute approximate surface area is 364 Å². The van der Waals surface area contributed by atoms with Crippen molar-refractivity contribution in [1.82, 2.24) is 9.13 Å². The predicted octanol–water partition coefficient (Wildman–Crippen LogP) is 11.7. The van der Waals surface area contributed by atoms with Gasteiger partial charge in [-0.1, -0.05) is 85.0 Å². The van der Waals surface area contributed by atoms with Gasteiger partial charge in [0.1, 0.15) is 11.5 Å². The third-order valence-electron chi connectivity index (χ3n) is 16.1. The highest BCUT2D eigenvalue weighted by molar-refractivity contribution is 8.00. The largest absolute Gasteiger partial charge is 0.458 e. The van der Waals surface area contributed by atoms with Gasteiger partial charge in [-0.2, -0.15) is 0 Å². The van der Waals surface area contributed by atoms with Crippen LogP contribution in [0.3, 0.4) is 0 Å². The molecule has 4 nitrogen and oxygen atoms in total. The molecule has 1 fully saturated rings. The minimum atomic E-state index is 0.112. The standard InChI is InChI=1S/C55H52BN3OS/c1-2-14-37-42-19-8-13-25-50(42)59(49(37)20-3-1)36-31-52-55-54(33-36)61-53-32-35(58-47-23-11-6-17-40(47)41-18-7-12-24-48(41)58)27-29-44(53)56(55)43-28-26-34(30-51(43)60-52)57-45-21-9-4-15-38(45)39-16-5-10-22-46(39)57/h4,8-9,13,15,19,21,25-33,37,49H,1-3,5-7,10-12,14,16-18,20,22-24H2. The Hall–Kier alpha value is -5.07. The van der Waals surface area contributed by atoms with E-state index in [-0.39, 0.29) is 6.71 Å². The molecular formula is C55H52BN3OS. The summed E-state index contributed by atoms with van der Waals surface area (Å²) in [6.45, 7) is 0.112. The molecule has 61 heavy (non-hydrogen) atoms. The van der Waals surface area contributed by atoms with Gasteiger partial charge in [0.05, 0.1) is 5.52 Å². The molecule has 2 unspecified atom stereocenters. The monoisotopic (exact) mass is 813 g/mol. The Kier molecular flexibility index (Phi) is 7.99. The van der Waals surface area contributed by atoms with Gasteiger partial charge in [0.2, 0.25) is 0 Å². The van der Waals surface area contributed by atoms with Crippen LogP contribution in [-0.4, -0.2) is 21.9 Å². The fourth-order valence-electron chi connectivity index (χ4n) is 13.6. The zero-order valence-corrected chi connectivity index (χ0v) is 36.0. The number of para-hydroxylation sites is 2. The van der Waals surface area contributed by atoms with E-state index in [1.54, 1.807) is 28.1 Å². The van der Waals surface area contributed by atoms with Crippen molar-refractivity contribution >= 4 is 57.1 Å². The number of aryl methyl sites for hydroxylation is 1. The van der Waals surface area contributed by atoms with Crippen LogP contribution in [0, 0.1) is 0 Å². The molecule has 0 bridgehead atoms. The summed E-state index contributed by atoms with van der Waals surface area (Å²) < 4.78 is 12.6. The van der Waals surface area contributed by atoms with Crippen molar-refractivity contribution in [3.05, 3.63) is 136 Å². The van der Waals surface area contributed by atoms with Gasteiger partial charge in [0.25, 0.3) is 6.71 Å². The molecule has 2 aromatic heterocycles. The van der Waals surface area contributed by atoms with E-state index in [1.165, 1.54) is 167 Å². The molecule has 0 N–H and O–H groups in total. The minimum Gasteiger partial charge on any atom is -0.458 e. The first-order chi connectivity index (χ1) is 30.3. The van der Waals surface area contributed by atoms with Crippen molar-refractivity contribution in [3.63, 3.8) is 0 Å². The number of rotatable bonds is 3. The first kappa shape index (κ1) is 35.5. The van der Waals surface area contributed by atoms with E-state index in [2.05, 4.69) is 111 Å². The maximum atomic E-state index is 7.33. The Morgan fingerprint density at radius 2 is 1.18 bits per heavy atom. The van der Waals surface area contributed by atoms with Crippen molar-refractivity contribution in [2.45, 2.75) is 131 Å². The molecule has 7 aliphatic rings. The summed E-state index contributed by atoms with van der Waals surface area (Å²) >= 11 is 1.99. The number of hydrogen-bond acceptors (Lipinski definition) is 3. The van der Waals surface area contributed by atoms with Gasteiger partial charge in [-0.15, -0.1) is 0 Å². The lowest BCUT2D eigenvalue weighted by Crippen LogP contribution is -2.57. The summed E-state index contributed by atoms with van der Waals surface area (Å²) in [6.07, 6.45) is 21.5. The van der Waals surface area contributed by atoms with Crippen LogP contribution in [0.4, 0.5) is 11.4 Å². The van der Waals surface area contributed by atoms with Gasteiger partial charge < -0.3 is 18.8 Å². The Bertz CT molecular complexity index is 2940. The third kappa shape index (κ3) is 5.21. The number of aromatic nitrogens is 2. The number of anilines is 2. The van der Waals surface area contributed by atoms with Crippen LogP contribution in [0.5, 0.6) is 11.5 Å². The lowest BCUT2D eigenvalue weighted by atomic mass is 9.35. The maximum Gasteiger partial charge on any atom is 0.253 e. The molecule has 6 heteroatoms. The van der Waals surface area contributed by atoms with E-state index >= 15 is 0 Å². The number of nitrogens with zero attached hydrogens (tertiary/aromatic N) is 3. The van der Waals surface area contributed by atoms with Gasteiger partial charge in [-0.25, -0.2) is 0 Å². The maximum absolute atomic E-state index is 7.33. The molecule has 0 saturated heterocycles. The van der Waals surface area contributed by atoms with Crippen LogP contribution in [0.2, 0.25) is 0 Å². The smallest absolute Gasteiger partial charge is 0.253 e. The Morgan fingerprint density at radius 3 is 2.02 bits per heavy atom. The van der Waals surface area contributed by atoms with Crippen LogP contribution in [0.15, 0.2) is 107 Å². The average Bonchev–Trinajstić information content (AvgIpc) is 3.86. The third-order valence-corrected chi connectivity index (χ3v) is 17.2. The lowest BCUT2D eigenvalue weighted by molar-refractivity contribution is 0.485. The normalized spacial score (nSPS) is 20.7. The minimum absolute atomic E-state index is 0.112. The zero-order valence-electron chi connectivity index (χ0n) is 35.1. The van der Waals surface area contributed by atoms with Gasteiger partial charge in [-0.05, 0) is 159 Å². The number of ether oxygens (including phenoxy) is 1. The van der Waals surface area contributed by atoms with Crippen molar-refractivity contribution in [1.29, 1.82) is 0 Å². The molecule has 1 saturated carbocycles. The summed E-state index contributed by atoms with van der Waals surface area (Å²) in [6, 6.07) is 38.6. The van der Waals surface area contributed by atoms with Crippen LogP contribution in [0.25, 0.3) is 22.3 Å². The van der Waals surface area contributed by atoms with E-state index in [9.17, 15) is 0 Å². The summed E-state index contributed by atoms with van der Waals surface area (Å²) in [4.78, 5) is 5.49. The molecule has 0 radical (unpaired) electrons. The quantitative estimate of drug-likeness (QED) is 0.166. The van der Waals surface area contributed by atoms with Gasteiger partial charge in [-0.3, -0.25) is 0 Å². The molecule has 14 rings (SSSR count). The Balaban J connectivity index is 0.960. The number of fused-ring (bicyclic) bond motifs is 13. The van der Waals surface area contributed by atoms with Gasteiger partial charge >= 0.3 is 0 Å². The van der Waals surface area contributed by atoms with Crippen LogP contribution in [0.1, 0.15) is 116 Å². The zero-order chi connectivity index (χ0) is 39.8. The molecular weight excluding hydrogens is 762 g/mol. The molecule has 3 aliphatic heterocycles. The average molecular weight is 814 g/mol. The van der Waals surface area contributed by atoms with E-state index in [0.29, 0.717) is 12.0 Å². The number of benzene rings is 5. The van der Waals surface area contributed by atoms with Crippen molar-refractivity contribution in [2.24, 2.45) is 0 Å². The molecule has 302 valence electrons. The second-order valence-electron chi connectivity index (χ2n) is 19.3. The molecule has 5 heterocycles. The molecule has 5 aromatic carbocycles. The van der Waals surface area contributed by atoms with Crippen molar-refractivity contribution in [2.75, 3.05) is 4.90 Å². The topological polar surface area (TPSA) is 22.3 Å². The first-order valence-electron chi connectivity index (χ1n) is 23.8. The second kappa shape index (κ2) is 13.7. The molecule has 7 aromatic rings. The van der Waals surface area contributed by atoms with Crippen LogP contribution >= 0.6 is 11.8 Å². The fraction of sp³-hybridized carbons (Fsp3) is 0.345. The summed E-state index contributed by atoms with van der Waals surface area (Å²) in [5.41, 5.74) is 21.8.